The van der Waals surface area contributed by atoms with Gasteiger partial charge in [0.2, 0.25) is 0 Å². The molecule has 9 heteroatoms. The molecule has 4 aromatic rings. The maximum Gasteiger partial charge on any atom is 0.321 e. The zero-order valence-corrected chi connectivity index (χ0v) is 19.9. The molecule has 1 atom stereocenters. The van der Waals surface area contributed by atoms with Crippen molar-refractivity contribution in [3.63, 3.8) is 0 Å². The van der Waals surface area contributed by atoms with E-state index in [2.05, 4.69) is 20.7 Å². The molecule has 1 unspecified atom stereocenters. The van der Waals surface area contributed by atoms with E-state index in [0.717, 1.165) is 27.9 Å². The van der Waals surface area contributed by atoms with Gasteiger partial charge >= 0.3 is 6.03 Å². The van der Waals surface area contributed by atoms with Crippen LogP contribution in [0.2, 0.25) is 0 Å². The van der Waals surface area contributed by atoms with Crippen molar-refractivity contribution in [2.45, 2.75) is 12.5 Å². The van der Waals surface area contributed by atoms with Gasteiger partial charge in [0, 0.05) is 55.4 Å². The molecule has 5 rings (SSSR count). The number of likely N-dealkylation sites (tertiary alicyclic amines) is 1. The monoisotopic (exact) mass is 481 g/mol. The average molecular weight is 482 g/mol. The van der Waals surface area contributed by atoms with Crippen LogP contribution in [0.15, 0.2) is 79.3 Å². The van der Waals surface area contributed by atoms with E-state index in [9.17, 15) is 9.59 Å². The topological polar surface area (TPSA) is 118 Å². The number of nitrogens with two attached hydrogens (primary N) is 1. The number of nitrogens with zero attached hydrogens (tertiary/aromatic N) is 4. The Morgan fingerprint density at radius 3 is 2.56 bits per heavy atom. The van der Waals surface area contributed by atoms with Gasteiger partial charge in [-0.05, 0) is 35.7 Å². The van der Waals surface area contributed by atoms with Crippen LogP contribution in [0, 0.1) is 0 Å². The zero-order chi connectivity index (χ0) is 25.1. The second-order valence-corrected chi connectivity index (χ2v) is 8.84. The number of carbonyl (C=O) groups excluding carboxylic acids is 2. The fraction of sp³-hybridized carbons (Fsp3) is 0.185. The Morgan fingerprint density at radius 1 is 0.972 bits per heavy atom. The van der Waals surface area contributed by atoms with Gasteiger partial charge in [0.1, 0.15) is 5.82 Å². The molecule has 1 aliphatic rings. The SMILES string of the molecule is Cn1cc(-c2cnc(N)c(C(=O)NC3CCN(C(=O)Nc4cccc(-c5ccccc5)c4)C3)c2)cn1. The molecule has 0 bridgehead atoms. The fourth-order valence-corrected chi connectivity index (χ4v) is 4.32. The molecule has 1 saturated heterocycles. The lowest BCUT2D eigenvalue weighted by Crippen LogP contribution is -2.40. The Labute approximate surface area is 209 Å². The molecule has 0 aliphatic carbocycles. The highest BCUT2D eigenvalue weighted by molar-refractivity contribution is 5.99. The summed E-state index contributed by atoms with van der Waals surface area (Å²) in [5.41, 5.74) is 10.7. The van der Waals surface area contributed by atoms with Gasteiger partial charge in [-0.2, -0.15) is 5.10 Å². The Bertz CT molecular complexity index is 1400. The summed E-state index contributed by atoms with van der Waals surface area (Å²) in [4.78, 5) is 31.8. The molecule has 36 heavy (non-hydrogen) atoms. The minimum atomic E-state index is -0.312. The number of amides is 3. The van der Waals surface area contributed by atoms with E-state index >= 15 is 0 Å². The number of aryl methyl sites for hydroxylation is 1. The van der Waals surface area contributed by atoms with Gasteiger partial charge in [0.15, 0.2) is 0 Å². The van der Waals surface area contributed by atoms with Crippen LogP contribution in [-0.4, -0.2) is 50.7 Å². The van der Waals surface area contributed by atoms with Crippen LogP contribution < -0.4 is 16.4 Å². The predicted octanol–water partition coefficient (Wildman–Crippen LogP) is 3.77. The lowest BCUT2D eigenvalue weighted by atomic mass is 10.1. The molecule has 4 N–H and O–H groups in total. The molecule has 0 radical (unpaired) electrons. The van der Waals surface area contributed by atoms with Crippen LogP contribution in [0.5, 0.6) is 0 Å². The molecule has 1 aliphatic heterocycles. The van der Waals surface area contributed by atoms with Crippen LogP contribution in [0.25, 0.3) is 22.3 Å². The normalized spacial score (nSPS) is 15.0. The van der Waals surface area contributed by atoms with E-state index in [1.807, 2.05) is 67.8 Å². The maximum atomic E-state index is 13.0. The van der Waals surface area contributed by atoms with E-state index in [-0.39, 0.29) is 23.8 Å². The van der Waals surface area contributed by atoms with E-state index in [0.29, 0.717) is 25.1 Å². The largest absolute Gasteiger partial charge is 0.383 e. The average Bonchev–Trinajstić information content (AvgIpc) is 3.54. The first kappa shape index (κ1) is 23.1. The summed E-state index contributed by atoms with van der Waals surface area (Å²) in [5, 5.41) is 10.1. The second-order valence-electron chi connectivity index (χ2n) is 8.84. The van der Waals surface area contributed by atoms with Crippen molar-refractivity contribution < 1.29 is 9.59 Å². The van der Waals surface area contributed by atoms with Crippen LogP contribution in [0.1, 0.15) is 16.8 Å². The van der Waals surface area contributed by atoms with Crippen LogP contribution in [0.3, 0.4) is 0 Å². The first-order valence-corrected chi connectivity index (χ1v) is 11.7. The first-order valence-electron chi connectivity index (χ1n) is 11.7. The Balaban J connectivity index is 1.21. The van der Waals surface area contributed by atoms with Crippen molar-refractivity contribution >= 4 is 23.4 Å². The highest BCUT2D eigenvalue weighted by Gasteiger charge is 2.28. The number of pyridine rings is 1. The number of nitrogens with one attached hydrogen (secondary N) is 2. The quantitative estimate of drug-likeness (QED) is 0.401. The van der Waals surface area contributed by atoms with Gasteiger partial charge in [-0.3, -0.25) is 9.48 Å². The van der Waals surface area contributed by atoms with Crippen molar-refractivity contribution in [1.29, 1.82) is 0 Å². The van der Waals surface area contributed by atoms with Crippen LogP contribution >= 0.6 is 0 Å². The third-order valence-electron chi connectivity index (χ3n) is 6.23. The maximum absolute atomic E-state index is 13.0. The molecule has 2 aromatic carbocycles. The van der Waals surface area contributed by atoms with Gasteiger partial charge in [-0.1, -0.05) is 42.5 Å². The fourth-order valence-electron chi connectivity index (χ4n) is 4.32. The summed E-state index contributed by atoms with van der Waals surface area (Å²) in [6, 6.07) is 19.1. The smallest absolute Gasteiger partial charge is 0.321 e. The van der Waals surface area contributed by atoms with E-state index < -0.39 is 0 Å². The third kappa shape index (κ3) is 5.05. The molecule has 2 aromatic heterocycles. The van der Waals surface area contributed by atoms with Gasteiger partial charge in [0.25, 0.3) is 5.91 Å². The van der Waals surface area contributed by atoms with Crippen molar-refractivity contribution in [3.8, 4) is 22.3 Å². The summed E-state index contributed by atoms with van der Waals surface area (Å²) in [7, 11) is 1.82. The molecule has 182 valence electrons. The van der Waals surface area contributed by atoms with Gasteiger partial charge in [-0.25, -0.2) is 9.78 Å². The number of anilines is 2. The molecule has 0 saturated carbocycles. The second kappa shape index (κ2) is 9.91. The highest BCUT2D eigenvalue weighted by Crippen LogP contribution is 2.24. The predicted molar refractivity (Wildman–Crippen MR) is 139 cm³/mol. The zero-order valence-electron chi connectivity index (χ0n) is 19.9. The summed E-state index contributed by atoms with van der Waals surface area (Å²) >= 11 is 0. The van der Waals surface area contributed by atoms with Crippen LogP contribution in [-0.2, 0) is 7.05 Å². The van der Waals surface area contributed by atoms with Crippen molar-refractivity contribution in [1.82, 2.24) is 25.0 Å². The van der Waals surface area contributed by atoms with E-state index in [1.54, 1.807) is 28.0 Å². The number of rotatable bonds is 5. The van der Waals surface area contributed by atoms with E-state index in [4.69, 9.17) is 5.73 Å². The summed E-state index contributed by atoms with van der Waals surface area (Å²) in [6.07, 6.45) is 5.83. The van der Waals surface area contributed by atoms with E-state index in [1.165, 1.54) is 0 Å². The first-order chi connectivity index (χ1) is 17.5. The Kier molecular flexibility index (Phi) is 6.36. The number of hydrogen-bond donors (Lipinski definition) is 3. The molecular weight excluding hydrogens is 454 g/mol. The molecule has 0 spiro atoms. The molecule has 1 fully saturated rings. The van der Waals surface area contributed by atoms with Crippen molar-refractivity contribution in [2.75, 3.05) is 24.1 Å². The molecular formula is C27H27N7O2. The highest BCUT2D eigenvalue weighted by atomic mass is 16.2. The lowest BCUT2D eigenvalue weighted by Gasteiger charge is -2.18. The number of nitrogen functional groups attached to an aromatic ring is 1. The Hall–Kier alpha value is -4.66. The van der Waals surface area contributed by atoms with Crippen molar-refractivity contribution in [3.05, 3.63) is 84.8 Å². The lowest BCUT2D eigenvalue weighted by molar-refractivity contribution is 0.0938. The van der Waals surface area contributed by atoms with Crippen LogP contribution in [0.4, 0.5) is 16.3 Å². The number of hydrogen-bond acceptors (Lipinski definition) is 5. The number of aromatic nitrogens is 3. The summed E-state index contributed by atoms with van der Waals surface area (Å²) in [5.74, 6) is -0.153. The molecule has 3 heterocycles. The standard InChI is InChI=1S/C27H27N7O2/c1-33-16-21(15-30-33)20-13-24(25(28)29-14-20)26(35)31-23-10-11-34(17-23)27(36)32-22-9-5-8-19(12-22)18-6-3-2-4-7-18/h2-9,12-16,23H,10-11,17H2,1H3,(H2,28,29)(H,31,35)(H,32,36). The third-order valence-corrected chi connectivity index (χ3v) is 6.23. The Morgan fingerprint density at radius 2 is 1.78 bits per heavy atom. The number of carbonyl (C=O) groups is 2. The van der Waals surface area contributed by atoms with Crippen molar-refractivity contribution in [2.24, 2.45) is 7.05 Å². The van der Waals surface area contributed by atoms with Gasteiger partial charge in [0.05, 0.1) is 11.8 Å². The minimum absolute atomic E-state index is 0.158. The molecule has 9 nitrogen and oxygen atoms in total. The number of benzene rings is 2. The van der Waals surface area contributed by atoms with Gasteiger partial charge in [-0.15, -0.1) is 0 Å². The summed E-state index contributed by atoms with van der Waals surface area (Å²) < 4.78 is 1.68. The number of urea groups is 1. The molecule has 3 amide bonds. The van der Waals surface area contributed by atoms with Gasteiger partial charge < -0.3 is 21.3 Å². The minimum Gasteiger partial charge on any atom is -0.383 e. The summed E-state index contributed by atoms with van der Waals surface area (Å²) in [6.45, 7) is 0.949.